The fourth-order valence-corrected chi connectivity index (χ4v) is 1.49. The maximum Gasteiger partial charge on any atom is 0.0781 e. The lowest BCUT2D eigenvalue weighted by atomic mass is 10.2. The van der Waals surface area contributed by atoms with Crippen molar-refractivity contribution in [2.24, 2.45) is 0 Å². The van der Waals surface area contributed by atoms with Gasteiger partial charge in [0.25, 0.3) is 0 Å². The van der Waals surface area contributed by atoms with E-state index in [0.717, 1.165) is 19.6 Å². The highest BCUT2D eigenvalue weighted by Gasteiger charge is 2.06. The first-order chi connectivity index (χ1) is 8.20. The highest BCUT2D eigenvalue weighted by Crippen LogP contribution is 2.02. The van der Waals surface area contributed by atoms with Crippen molar-refractivity contribution in [3.8, 4) is 0 Å². The maximum absolute atomic E-state index is 5.68. The van der Waals surface area contributed by atoms with E-state index < -0.39 is 0 Å². The molecule has 3 nitrogen and oxygen atoms in total. The molecule has 0 rings (SSSR count). The number of hydrogen-bond donors (Lipinski definition) is 0. The molecule has 2 atom stereocenters. The first kappa shape index (κ1) is 16.9. The molecule has 0 N–H and O–H groups in total. The van der Waals surface area contributed by atoms with E-state index in [0.29, 0.717) is 13.2 Å². The summed E-state index contributed by atoms with van der Waals surface area (Å²) >= 11 is 0. The van der Waals surface area contributed by atoms with Gasteiger partial charge in [-0.1, -0.05) is 26.2 Å². The summed E-state index contributed by atoms with van der Waals surface area (Å²) in [6.07, 6.45) is 5.34. The molecule has 0 aliphatic carbocycles. The second kappa shape index (κ2) is 12.3. The Labute approximate surface area is 107 Å². The average Bonchev–Trinajstić information content (AvgIpc) is 2.33. The van der Waals surface area contributed by atoms with Gasteiger partial charge in [0.2, 0.25) is 0 Å². The third kappa shape index (κ3) is 12.1. The summed E-state index contributed by atoms with van der Waals surface area (Å²) in [6, 6.07) is 0. The van der Waals surface area contributed by atoms with Gasteiger partial charge in [0, 0.05) is 13.2 Å². The van der Waals surface area contributed by atoms with Gasteiger partial charge in [-0.25, -0.2) is 0 Å². The van der Waals surface area contributed by atoms with E-state index in [-0.39, 0.29) is 12.2 Å². The third-order valence-corrected chi connectivity index (χ3v) is 2.57. The van der Waals surface area contributed by atoms with Crippen LogP contribution in [0, 0.1) is 0 Å². The van der Waals surface area contributed by atoms with Gasteiger partial charge in [0.15, 0.2) is 0 Å². The molecule has 0 radical (unpaired) electrons. The molecule has 0 spiro atoms. The van der Waals surface area contributed by atoms with Crippen LogP contribution in [0.5, 0.6) is 0 Å². The summed E-state index contributed by atoms with van der Waals surface area (Å²) in [5, 5.41) is 0. The summed E-state index contributed by atoms with van der Waals surface area (Å²) in [6.45, 7) is 11.2. The van der Waals surface area contributed by atoms with Gasteiger partial charge in [0.05, 0.1) is 25.4 Å². The molecule has 0 aromatic carbocycles. The van der Waals surface area contributed by atoms with Crippen molar-refractivity contribution in [1.29, 1.82) is 0 Å². The summed E-state index contributed by atoms with van der Waals surface area (Å²) < 4.78 is 16.6. The monoisotopic (exact) mass is 246 g/mol. The largest absolute Gasteiger partial charge is 0.379 e. The molecule has 0 heterocycles. The van der Waals surface area contributed by atoms with E-state index in [9.17, 15) is 0 Å². The van der Waals surface area contributed by atoms with Gasteiger partial charge >= 0.3 is 0 Å². The average molecular weight is 246 g/mol. The molecule has 0 aliphatic rings. The lowest BCUT2D eigenvalue weighted by Gasteiger charge is -2.17. The zero-order valence-electron chi connectivity index (χ0n) is 12.0. The van der Waals surface area contributed by atoms with Crippen molar-refractivity contribution in [3.05, 3.63) is 0 Å². The van der Waals surface area contributed by atoms with Crippen molar-refractivity contribution >= 4 is 0 Å². The van der Waals surface area contributed by atoms with Crippen molar-refractivity contribution < 1.29 is 14.2 Å². The minimum atomic E-state index is 0.154. The molecule has 17 heavy (non-hydrogen) atoms. The molecule has 0 saturated heterocycles. The Balaban J connectivity index is 3.30. The smallest absolute Gasteiger partial charge is 0.0781 e. The second-order valence-electron chi connectivity index (χ2n) is 4.55. The van der Waals surface area contributed by atoms with Crippen molar-refractivity contribution in [2.45, 2.75) is 65.6 Å². The predicted octanol–water partition coefficient (Wildman–Crippen LogP) is 3.41. The van der Waals surface area contributed by atoms with Gasteiger partial charge in [-0.2, -0.15) is 0 Å². The Morgan fingerprint density at radius 2 is 1.53 bits per heavy atom. The van der Waals surface area contributed by atoms with Crippen LogP contribution < -0.4 is 0 Å². The summed E-state index contributed by atoms with van der Waals surface area (Å²) in [5.74, 6) is 0. The highest BCUT2D eigenvalue weighted by molar-refractivity contribution is 4.52. The third-order valence-electron chi connectivity index (χ3n) is 2.57. The van der Waals surface area contributed by atoms with Crippen LogP contribution in [0.3, 0.4) is 0 Å². The lowest BCUT2D eigenvalue weighted by molar-refractivity contribution is -0.0561. The van der Waals surface area contributed by atoms with Crippen molar-refractivity contribution in [3.63, 3.8) is 0 Å². The number of hydrogen-bond acceptors (Lipinski definition) is 3. The molecule has 0 aromatic heterocycles. The van der Waals surface area contributed by atoms with Crippen LogP contribution in [0.15, 0.2) is 0 Å². The van der Waals surface area contributed by atoms with Gasteiger partial charge in [-0.05, 0) is 27.2 Å². The molecule has 0 bridgehead atoms. The molecule has 0 fully saturated rings. The molecule has 2 unspecified atom stereocenters. The number of ether oxygens (including phenoxy) is 3. The zero-order valence-corrected chi connectivity index (χ0v) is 12.0. The first-order valence-electron chi connectivity index (χ1n) is 7.01. The zero-order chi connectivity index (χ0) is 12.9. The topological polar surface area (TPSA) is 27.7 Å². The normalized spacial score (nSPS) is 14.8. The van der Waals surface area contributed by atoms with Crippen LogP contribution in [0.4, 0.5) is 0 Å². The molecule has 104 valence electrons. The van der Waals surface area contributed by atoms with Crippen molar-refractivity contribution in [1.82, 2.24) is 0 Å². The number of unbranched alkanes of at least 4 members (excludes halogenated alkanes) is 3. The second-order valence-corrected chi connectivity index (χ2v) is 4.55. The summed E-state index contributed by atoms with van der Waals surface area (Å²) in [7, 11) is 0. The van der Waals surface area contributed by atoms with Crippen LogP contribution in [0.2, 0.25) is 0 Å². The number of rotatable bonds is 12. The van der Waals surface area contributed by atoms with Gasteiger partial charge in [-0.3, -0.25) is 0 Å². The van der Waals surface area contributed by atoms with E-state index in [4.69, 9.17) is 14.2 Å². The SMILES string of the molecule is CCCCCCOC(C)COC(C)COCC. The minimum absolute atomic E-state index is 0.154. The minimum Gasteiger partial charge on any atom is -0.379 e. The summed E-state index contributed by atoms with van der Waals surface area (Å²) in [5.41, 5.74) is 0. The van der Waals surface area contributed by atoms with Gasteiger partial charge in [-0.15, -0.1) is 0 Å². The molecular weight excluding hydrogens is 216 g/mol. The Morgan fingerprint density at radius 3 is 2.18 bits per heavy atom. The van der Waals surface area contributed by atoms with Crippen LogP contribution in [0.1, 0.15) is 53.4 Å². The fourth-order valence-electron chi connectivity index (χ4n) is 1.49. The van der Waals surface area contributed by atoms with Crippen LogP contribution >= 0.6 is 0 Å². The van der Waals surface area contributed by atoms with Crippen LogP contribution in [0.25, 0.3) is 0 Å². The van der Waals surface area contributed by atoms with E-state index in [1.807, 2.05) is 13.8 Å². The molecule has 0 amide bonds. The summed E-state index contributed by atoms with van der Waals surface area (Å²) in [4.78, 5) is 0. The maximum atomic E-state index is 5.68. The molecule has 0 aliphatic heterocycles. The van der Waals surface area contributed by atoms with E-state index in [1.54, 1.807) is 0 Å². The lowest BCUT2D eigenvalue weighted by Crippen LogP contribution is -2.23. The van der Waals surface area contributed by atoms with Crippen LogP contribution in [-0.4, -0.2) is 38.6 Å². The van der Waals surface area contributed by atoms with Crippen molar-refractivity contribution in [2.75, 3.05) is 26.4 Å². The molecule has 3 heteroatoms. The Kier molecular flexibility index (Phi) is 12.3. The Morgan fingerprint density at radius 1 is 0.824 bits per heavy atom. The quantitative estimate of drug-likeness (QED) is 0.494. The van der Waals surface area contributed by atoms with Gasteiger partial charge < -0.3 is 14.2 Å². The molecular formula is C14H30O3. The highest BCUT2D eigenvalue weighted by atomic mass is 16.6. The van der Waals surface area contributed by atoms with E-state index >= 15 is 0 Å². The molecule has 0 aromatic rings. The van der Waals surface area contributed by atoms with Gasteiger partial charge in [0.1, 0.15) is 0 Å². The Hall–Kier alpha value is -0.120. The first-order valence-corrected chi connectivity index (χ1v) is 7.01. The predicted molar refractivity (Wildman–Crippen MR) is 71.5 cm³/mol. The van der Waals surface area contributed by atoms with Crippen LogP contribution in [-0.2, 0) is 14.2 Å². The standard InChI is InChI=1S/C14H30O3/c1-5-7-8-9-10-16-14(4)12-17-13(3)11-15-6-2/h13-14H,5-12H2,1-4H3. The Bertz CT molecular complexity index is 150. The van der Waals surface area contributed by atoms with E-state index in [1.165, 1.54) is 19.3 Å². The van der Waals surface area contributed by atoms with E-state index in [2.05, 4.69) is 13.8 Å². The molecule has 0 saturated carbocycles. The fraction of sp³-hybridized carbons (Fsp3) is 1.00.